The Bertz CT molecular complexity index is 774. The summed E-state index contributed by atoms with van der Waals surface area (Å²) in [6.07, 6.45) is 11.5. The molecular formula is C24H34N2O5. The molecule has 8 saturated carbocycles. The summed E-state index contributed by atoms with van der Waals surface area (Å²) in [6, 6.07) is -0.466. The van der Waals surface area contributed by atoms with Crippen molar-refractivity contribution >= 4 is 17.9 Å². The van der Waals surface area contributed by atoms with Gasteiger partial charge in [-0.2, -0.15) is 0 Å². The minimum atomic E-state index is -0.747. The van der Waals surface area contributed by atoms with Crippen molar-refractivity contribution in [3.8, 4) is 0 Å². The molecule has 4 atom stereocenters. The third-order valence-electron chi connectivity index (χ3n) is 9.47. The van der Waals surface area contributed by atoms with Crippen LogP contribution in [0.1, 0.15) is 77.0 Å². The lowest BCUT2D eigenvalue weighted by atomic mass is 9.48. The normalized spacial score (nSPS) is 48.5. The van der Waals surface area contributed by atoms with E-state index in [1.54, 1.807) is 0 Å². The molecule has 8 aliphatic rings. The van der Waals surface area contributed by atoms with Gasteiger partial charge in [0.2, 0.25) is 0 Å². The molecule has 8 fully saturated rings. The van der Waals surface area contributed by atoms with E-state index in [0.717, 1.165) is 51.4 Å². The minimum absolute atomic E-state index is 0.162. The van der Waals surface area contributed by atoms with Gasteiger partial charge in [0.1, 0.15) is 0 Å². The summed E-state index contributed by atoms with van der Waals surface area (Å²) in [4.78, 5) is 37.8. The molecular weight excluding hydrogens is 396 g/mol. The Hall–Kier alpha value is -1.63. The Morgan fingerprint density at radius 1 is 0.806 bits per heavy atom. The average molecular weight is 431 g/mol. The van der Waals surface area contributed by atoms with Gasteiger partial charge in [-0.05, 0) is 107 Å². The number of hydrogen-bond acceptors (Lipinski definition) is 5. The topological polar surface area (TPSA) is 105 Å². The molecule has 0 heterocycles. The third kappa shape index (κ3) is 3.47. The van der Waals surface area contributed by atoms with Crippen LogP contribution in [0.3, 0.4) is 0 Å². The summed E-state index contributed by atoms with van der Waals surface area (Å²) < 4.78 is 5.39. The first kappa shape index (κ1) is 20.0. The maximum Gasteiger partial charge on any atom is 0.321 e. The zero-order chi connectivity index (χ0) is 21.4. The van der Waals surface area contributed by atoms with E-state index in [9.17, 15) is 19.5 Å². The molecule has 8 aliphatic carbocycles. The van der Waals surface area contributed by atoms with E-state index in [-0.39, 0.29) is 11.5 Å². The second-order valence-corrected chi connectivity index (χ2v) is 12.2. The van der Waals surface area contributed by atoms with Gasteiger partial charge in [0, 0.05) is 5.54 Å². The van der Waals surface area contributed by atoms with Crippen LogP contribution in [0.4, 0.5) is 4.79 Å². The van der Waals surface area contributed by atoms with E-state index in [0.29, 0.717) is 36.0 Å². The van der Waals surface area contributed by atoms with Crippen LogP contribution < -0.4 is 10.6 Å². The molecule has 31 heavy (non-hydrogen) atoms. The molecule has 0 spiro atoms. The predicted molar refractivity (Wildman–Crippen MR) is 111 cm³/mol. The van der Waals surface area contributed by atoms with Crippen LogP contribution in [-0.2, 0) is 14.3 Å². The van der Waals surface area contributed by atoms with Gasteiger partial charge >= 0.3 is 12.0 Å². The lowest BCUT2D eigenvalue weighted by molar-refractivity contribution is -0.196. The molecule has 8 rings (SSSR count). The number of aliphatic hydroxyl groups is 1. The monoisotopic (exact) mass is 430 g/mol. The molecule has 2 unspecified atom stereocenters. The number of carbonyl (C=O) groups excluding carboxylic acids is 3. The van der Waals surface area contributed by atoms with E-state index in [1.807, 2.05) is 0 Å². The van der Waals surface area contributed by atoms with Crippen LogP contribution in [0.15, 0.2) is 0 Å². The molecule has 0 saturated heterocycles. The van der Waals surface area contributed by atoms with Crippen molar-refractivity contribution in [3.63, 3.8) is 0 Å². The van der Waals surface area contributed by atoms with Gasteiger partial charge in [-0.25, -0.2) is 4.79 Å². The maximum absolute atomic E-state index is 12.9. The highest BCUT2D eigenvalue weighted by atomic mass is 16.5. The zero-order valence-electron chi connectivity index (χ0n) is 18.2. The van der Waals surface area contributed by atoms with Crippen molar-refractivity contribution in [3.05, 3.63) is 0 Å². The van der Waals surface area contributed by atoms with Crippen LogP contribution in [0, 0.1) is 35.0 Å². The highest BCUT2D eigenvalue weighted by Crippen LogP contribution is 2.62. The first-order valence-electron chi connectivity index (χ1n) is 12.2. The SMILES string of the molecule is O=C(COC(=O)C12C[C@@H]3C[C@@H](CC(O)(C3)C1)C2)NC(=O)NC12CC3CC(CC(C3)C1)C2. The molecule has 3 amide bonds. The summed E-state index contributed by atoms with van der Waals surface area (Å²) >= 11 is 0. The van der Waals surface area contributed by atoms with E-state index in [2.05, 4.69) is 10.6 Å². The molecule has 0 aliphatic heterocycles. The fourth-order valence-electron chi connectivity index (χ4n) is 9.44. The second-order valence-electron chi connectivity index (χ2n) is 12.2. The van der Waals surface area contributed by atoms with Gasteiger partial charge in [-0.3, -0.25) is 14.9 Å². The van der Waals surface area contributed by atoms with Gasteiger partial charge in [-0.1, -0.05) is 0 Å². The van der Waals surface area contributed by atoms with E-state index >= 15 is 0 Å². The molecule has 0 aromatic rings. The molecule has 0 radical (unpaired) electrons. The number of urea groups is 1. The summed E-state index contributed by atoms with van der Waals surface area (Å²) in [5, 5.41) is 16.3. The predicted octanol–water partition coefficient (Wildman–Crippen LogP) is 2.66. The molecule has 7 nitrogen and oxygen atoms in total. The summed E-state index contributed by atoms with van der Waals surface area (Å²) in [5.74, 6) is 1.91. The lowest BCUT2D eigenvalue weighted by Gasteiger charge is -2.58. The van der Waals surface area contributed by atoms with Crippen LogP contribution in [0.5, 0.6) is 0 Å². The molecule has 0 aromatic carbocycles. The molecule has 7 heteroatoms. The number of hydrogen-bond donors (Lipinski definition) is 3. The fourth-order valence-corrected chi connectivity index (χ4v) is 9.44. The van der Waals surface area contributed by atoms with Crippen LogP contribution >= 0.6 is 0 Å². The van der Waals surface area contributed by atoms with Gasteiger partial charge in [0.25, 0.3) is 5.91 Å². The molecule has 0 aromatic heterocycles. The first-order chi connectivity index (χ1) is 14.7. The Kier molecular flexibility index (Phi) is 4.32. The standard InChI is InChI=1S/C24H34N2O5/c27-19(25-21(29)26-23-7-14-1-15(8-23)3-16(2-14)9-23)12-31-20(28)22-5-17-4-18(6-22)11-24(30,10-17)13-22/h14-18,30H,1-13H2,(H2,25,26,27,29)/t14?,15?,16?,17-,18+,22?,23?,24?. The van der Waals surface area contributed by atoms with E-state index < -0.39 is 29.6 Å². The summed E-state index contributed by atoms with van der Waals surface area (Å²) in [7, 11) is 0. The Labute approximate surface area is 183 Å². The Balaban J connectivity index is 1.02. The van der Waals surface area contributed by atoms with Crippen molar-refractivity contribution in [2.75, 3.05) is 6.61 Å². The van der Waals surface area contributed by atoms with Crippen molar-refractivity contribution in [2.45, 2.75) is 88.2 Å². The second kappa shape index (κ2) is 6.69. The number of esters is 1. The third-order valence-corrected chi connectivity index (χ3v) is 9.47. The van der Waals surface area contributed by atoms with E-state index in [4.69, 9.17) is 4.74 Å². The van der Waals surface area contributed by atoms with Gasteiger partial charge in [0.15, 0.2) is 6.61 Å². The quantitative estimate of drug-likeness (QED) is 0.595. The minimum Gasteiger partial charge on any atom is -0.455 e. The first-order valence-corrected chi connectivity index (χ1v) is 12.2. The van der Waals surface area contributed by atoms with Crippen molar-refractivity contribution in [2.24, 2.45) is 35.0 Å². The number of rotatable bonds is 4. The highest BCUT2D eigenvalue weighted by molar-refractivity contribution is 5.96. The largest absolute Gasteiger partial charge is 0.455 e. The summed E-state index contributed by atoms with van der Waals surface area (Å²) in [5.41, 5.74) is -1.56. The van der Waals surface area contributed by atoms with Crippen molar-refractivity contribution in [1.29, 1.82) is 0 Å². The Morgan fingerprint density at radius 3 is 1.90 bits per heavy atom. The van der Waals surface area contributed by atoms with Gasteiger partial charge in [0.05, 0.1) is 11.0 Å². The van der Waals surface area contributed by atoms with Crippen LogP contribution in [0.2, 0.25) is 0 Å². The maximum atomic E-state index is 12.9. The summed E-state index contributed by atoms with van der Waals surface area (Å²) in [6.45, 7) is -0.442. The van der Waals surface area contributed by atoms with Crippen LogP contribution in [-0.4, -0.2) is 40.8 Å². The average Bonchev–Trinajstić information content (AvgIpc) is 2.62. The number of carbonyl (C=O) groups is 3. The zero-order valence-corrected chi connectivity index (χ0v) is 18.2. The smallest absolute Gasteiger partial charge is 0.321 e. The molecule has 170 valence electrons. The Morgan fingerprint density at radius 2 is 1.35 bits per heavy atom. The molecule has 3 N–H and O–H groups in total. The van der Waals surface area contributed by atoms with Gasteiger partial charge in [-0.15, -0.1) is 0 Å². The highest BCUT2D eigenvalue weighted by Gasteiger charge is 2.61. The van der Waals surface area contributed by atoms with Crippen LogP contribution in [0.25, 0.3) is 0 Å². The fraction of sp³-hybridized carbons (Fsp3) is 0.875. The lowest BCUT2D eigenvalue weighted by Crippen LogP contribution is -2.62. The number of imide groups is 1. The number of amides is 3. The molecule has 8 bridgehead atoms. The van der Waals surface area contributed by atoms with Crippen molar-refractivity contribution < 1.29 is 24.2 Å². The number of ether oxygens (including phenoxy) is 1. The van der Waals surface area contributed by atoms with Crippen molar-refractivity contribution in [1.82, 2.24) is 10.6 Å². The number of nitrogens with one attached hydrogen (secondary N) is 2. The van der Waals surface area contributed by atoms with E-state index in [1.165, 1.54) is 19.3 Å². The van der Waals surface area contributed by atoms with Gasteiger partial charge < -0.3 is 15.2 Å².